The second kappa shape index (κ2) is 7.10. The normalized spacial score (nSPS) is 39.2. The Bertz CT molecular complexity index is 206. The molecule has 3 heteroatoms. The van der Waals surface area contributed by atoms with Crippen molar-refractivity contribution < 1.29 is 9.47 Å². The molecular formula is C14H25BrO2. The van der Waals surface area contributed by atoms with E-state index >= 15 is 0 Å². The molecule has 1 saturated carbocycles. The zero-order valence-corrected chi connectivity index (χ0v) is 12.5. The van der Waals surface area contributed by atoms with E-state index in [9.17, 15) is 0 Å². The Morgan fingerprint density at radius 1 is 1.06 bits per heavy atom. The third kappa shape index (κ3) is 4.22. The van der Waals surface area contributed by atoms with Crippen LogP contribution in [-0.4, -0.2) is 24.3 Å². The number of rotatable bonds is 4. The van der Waals surface area contributed by atoms with Gasteiger partial charge in [-0.15, -0.1) is 0 Å². The maximum atomic E-state index is 5.92. The van der Waals surface area contributed by atoms with E-state index in [1.165, 1.54) is 44.9 Å². The molecule has 1 aliphatic heterocycles. The highest BCUT2D eigenvalue weighted by atomic mass is 79.9. The zero-order chi connectivity index (χ0) is 12.1. The highest BCUT2D eigenvalue weighted by Gasteiger charge is 2.31. The summed E-state index contributed by atoms with van der Waals surface area (Å²) in [6.45, 7) is 4.07. The summed E-state index contributed by atoms with van der Waals surface area (Å²) in [6.07, 6.45) is 8.97. The standard InChI is InChI=1S/C14H25BrO2/c1-2-3-4-11-9-16-14(17-10-11)12-5-7-13(15)8-6-12/h11-14H,2-10H2,1H3/t11-,12?,13?,14-. The summed E-state index contributed by atoms with van der Waals surface area (Å²) in [5.74, 6) is 1.27. The molecule has 17 heavy (non-hydrogen) atoms. The second-order valence-corrected chi connectivity index (χ2v) is 6.85. The van der Waals surface area contributed by atoms with E-state index < -0.39 is 0 Å². The predicted molar refractivity (Wildman–Crippen MR) is 73.4 cm³/mol. The molecule has 100 valence electrons. The van der Waals surface area contributed by atoms with Gasteiger partial charge in [-0.05, 0) is 32.1 Å². The Hall–Kier alpha value is 0.400. The van der Waals surface area contributed by atoms with Crippen LogP contribution in [-0.2, 0) is 9.47 Å². The van der Waals surface area contributed by atoms with Crippen molar-refractivity contribution in [2.45, 2.75) is 63.0 Å². The Labute approximate surface area is 114 Å². The fraction of sp³-hybridized carbons (Fsp3) is 1.00. The second-order valence-electron chi connectivity index (χ2n) is 5.56. The highest BCUT2D eigenvalue weighted by molar-refractivity contribution is 9.09. The lowest BCUT2D eigenvalue weighted by atomic mass is 9.88. The summed E-state index contributed by atoms with van der Waals surface area (Å²) in [7, 11) is 0. The van der Waals surface area contributed by atoms with Crippen LogP contribution < -0.4 is 0 Å². The van der Waals surface area contributed by atoms with Crippen LogP contribution in [0.1, 0.15) is 51.9 Å². The van der Waals surface area contributed by atoms with E-state index in [4.69, 9.17) is 9.47 Å². The lowest BCUT2D eigenvalue weighted by molar-refractivity contribution is -0.228. The number of hydrogen-bond donors (Lipinski definition) is 0. The molecule has 0 unspecified atom stereocenters. The monoisotopic (exact) mass is 304 g/mol. The number of halogens is 1. The summed E-state index contributed by atoms with van der Waals surface area (Å²) >= 11 is 3.70. The van der Waals surface area contributed by atoms with Crippen LogP contribution >= 0.6 is 15.9 Å². The maximum Gasteiger partial charge on any atom is 0.160 e. The maximum absolute atomic E-state index is 5.92. The van der Waals surface area contributed by atoms with Crippen molar-refractivity contribution in [1.29, 1.82) is 0 Å². The van der Waals surface area contributed by atoms with Gasteiger partial charge in [0.25, 0.3) is 0 Å². The molecule has 0 N–H and O–H groups in total. The van der Waals surface area contributed by atoms with Crippen molar-refractivity contribution in [2.24, 2.45) is 11.8 Å². The van der Waals surface area contributed by atoms with Crippen LogP contribution in [0.15, 0.2) is 0 Å². The predicted octanol–water partition coefficient (Wildman–Crippen LogP) is 4.12. The van der Waals surface area contributed by atoms with Crippen LogP contribution in [0.5, 0.6) is 0 Å². The van der Waals surface area contributed by atoms with Crippen molar-refractivity contribution in [1.82, 2.24) is 0 Å². The van der Waals surface area contributed by atoms with Gasteiger partial charge >= 0.3 is 0 Å². The summed E-state index contributed by atoms with van der Waals surface area (Å²) in [5, 5.41) is 0. The van der Waals surface area contributed by atoms with Crippen LogP contribution in [0.4, 0.5) is 0 Å². The van der Waals surface area contributed by atoms with Crippen molar-refractivity contribution >= 4 is 15.9 Å². The van der Waals surface area contributed by atoms with E-state index in [-0.39, 0.29) is 6.29 Å². The Morgan fingerprint density at radius 2 is 1.71 bits per heavy atom. The number of ether oxygens (including phenoxy) is 2. The first-order valence-corrected chi connectivity index (χ1v) is 8.08. The molecule has 0 aromatic rings. The molecule has 2 aliphatic rings. The lowest BCUT2D eigenvalue weighted by Crippen LogP contribution is -2.38. The van der Waals surface area contributed by atoms with E-state index in [1.807, 2.05) is 0 Å². The van der Waals surface area contributed by atoms with Gasteiger partial charge in [-0.2, -0.15) is 0 Å². The molecule has 1 aliphatic carbocycles. The first-order valence-electron chi connectivity index (χ1n) is 7.17. The molecular weight excluding hydrogens is 280 g/mol. The molecule has 2 fully saturated rings. The van der Waals surface area contributed by atoms with Gasteiger partial charge in [-0.3, -0.25) is 0 Å². The molecule has 0 atom stereocenters. The summed E-state index contributed by atoms with van der Waals surface area (Å²) in [6, 6.07) is 0. The van der Waals surface area contributed by atoms with Gasteiger partial charge in [0.05, 0.1) is 13.2 Å². The third-order valence-electron chi connectivity index (χ3n) is 4.04. The number of alkyl halides is 1. The van der Waals surface area contributed by atoms with Crippen molar-refractivity contribution in [2.75, 3.05) is 13.2 Å². The molecule has 0 radical (unpaired) electrons. The molecule has 1 saturated heterocycles. The average Bonchev–Trinajstić information content (AvgIpc) is 2.38. The van der Waals surface area contributed by atoms with E-state index in [1.54, 1.807) is 0 Å². The van der Waals surface area contributed by atoms with Gasteiger partial charge in [0.15, 0.2) is 6.29 Å². The van der Waals surface area contributed by atoms with Crippen LogP contribution in [0.3, 0.4) is 0 Å². The van der Waals surface area contributed by atoms with Gasteiger partial charge in [-0.25, -0.2) is 0 Å². The van der Waals surface area contributed by atoms with E-state index in [0.717, 1.165) is 18.0 Å². The third-order valence-corrected chi connectivity index (χ3v) is 4.96. The van der Waals surface area contributed by atoms with Gasteiger partial charge in [0, 0.05) is 16.7 Å². The Balaban J connectivity index is 1.68. The topological polar surface area (TPSA) is 18.5 Å². The number of unbranched alkanes of at least 4 members (excludes halogenated alkanes) is 1. The van der Waals surface area contributed by atoms with Crippen molar-refractivity contribution in [3.8, 4) is 0 Å². The van der Waals surface area contributed by atoms with Gasteiger partial charge in [0.1, 0.15) is 0 Å². The minimum atomic E-state index is 0.0906. The number of hydrogen-bond acceptors (Lipinski definition) is 2. The lowest BCUT2D eigenvalue weighted by Gasteiger charge is -2.36. The van der Waals surface area contributed by atoms with Crippen LogP contribution in [0.25, 0.3) is 0 Å². The summed E-state index contributed by atoms with van der Waals surface area (Å²) in [5.41, 5.74) is 0. The minimum absolute atomic E-state index is 0.0906. The largest absolute Gasteiger partial charge is 0.352 e. The van der Waals surface area contributed by atoms with Crippen LogP contribution in [0, 0.1) is 11.8 Å². The fourth-order valence-electron chi connectivity index (χ4n) is 2.84. The first-order chi connectivity index (χ1) is 8.29. The zero-order valence-electron chi connectivity index (χ0n) is 10.9. The average molecular weight is 305 g/mol. The van der Waals surface area contributed by atoms with E-state index in [0.29, 0.717) is 11.8 Å². The highest BCUT2D eigenvalue weighted by Crippen LogP contribution is 2.34. The fourth-order valence-corrected chi connectivity index (χ4v) is 3.37. The summed E-state index contributed by atoms with van der Waals surface area (Å²) in [4.78, 5) is 0.722. The Morgan fingerprint density at radius 3 is 2.29 bits per heavy atom. The molecule has 2 nitrogen and oxygen atoms in total. The molecule has 0 amide bonds. The molecule has 0 spiro atoms. The first kappa shape index (κ1) is 13.8. The molecule has 1 heterocycles. The van der Waals surface area contributed by atoms with Crippen molar-refractivity contribution in [3.05, 3.63) is 0 Å². The molecule has 2 rings (SSSR count). The van der Waals surface area contributed by atoms with Crippen molar-refractivity contribution in [3.63, 3.8) is 0 Å². The quantitative estimate of drug-likeness (QED) is 0.727. The smallest absolute Gasteiger partial charge is 0.160 e. The van der Waals surface area contributed by atoms with Gasteiger partial charge in [0.2, 0.25) is 0 Å². The molecule has 0 aromatic heterocycles. The van der Waals surface area contributed by atoms with E-state index in [2.05, 4.69) is 22.9 Å². The van der Waals surface area contributed by atoms with Gasteiger partial charge in [-0.1, -0.05) is 35.7 Å². The summed E-state index contributed by atoms with van der Waals surface area (Å²) < 4.78 is 11.8. The molecule has 0 bridgehead atoms. The van der Waals surface area contributed by atoms with Crippen LogP contribution in [0.2, 0.25) is 0 Å². The minimum Gasteiger partial charge on any atom is -0.352 e. The van der Waals surface area contributed by atoms with Gasteiger partial charge < -0.3 is 9.47 Å². The molecule has 0 aromatic carbocycles. The Kier molecular flexibility index (Phi) is 5.78. The SMILES string of the molecule is CCCC[C@H]1CO[C@H](C2CCC(Br)CC2)OC1.